The van der Waals surface area contributed by atoms with Crippen molar-refractivity contribution in [1.29, 1.82) is 0 Å². The molecule has 1 heterocycles. The van der Waals surface area contributed by atoms with Crippen molar-refractivity contribution in [2.24, 2.45) is 0 Å². The van der Waals surface area contributed by atoms with Crippen LogP contribution in [-0.2, 0) is 9.47 Å². The molecule has 0 aliphatic carbocycles. The summed E-state index contributed by atoms with van der Waals surface area (Å²) in [4.78, 5) is 23.7. The van der Waals surface area contributed by atoms with Gasteiger partial charge in [-0.05, 0) is 29.7 Å². The van der Waals surface area contributed by atoms with Gasteiger partial charge >= 0.3 is 5.63 Å². The van der Waals surface area contributed by atoms with Crippen molar-refractivity contribution in [3.05, 3.63) is 46.3 Å². The first kappa shape index (κ1) is 15.1. The number of hydrogen-bond acceptors (Lipinski definition) is 5. The Morgan fingerprint density at radius 3 is 2.71 bits per heavy atom. The molecule has 0 aliphatic heterocycles. The molecule has 7 heteroatoms. The lowest BCUT2D eigenvalue weighted by molar-refractivity contribution is -0.0975. The molecule has 21 heavy (non-hydrogen) atoms. The fourth-order valence-corrected chi connectivity index (χ4v) is 1.80. The van der Waals surface area contributed by atoms with Gasteiger partial charge in [0.25, 0.3) is 5.91 Å². The number of fused-ring (bicyclic) bond motifs is 1. The molecule has 0 unspecified atom stereocenters. The average molecular weight is 295 g/mol. The molecule has 0 fully saturated rings. The number of amides is 1. The SMILES string of the molecule is COC(CNC(=O)c1cc2cc(F)ccc2c(=O)o1)OC. The molecule has 0 saturated heterocycles. The van der Waals surface area contributed by atoms with Crippen molar-refractivity contribution in [2.75, 3.05) is 20.8 Å². The molecule has 1 amide bonds. The average Bonchev–Trinajstić information content (AvgIpc) is 2.47. The summed E-state index contributed by atoms with van der Waals surface area (Å²) in [5.74, 6) is -1.32. The molecule has 2 aromatic rings. The van der Waals surface area contributed by atoms with Crippen molar-refractivity contribution in [1.82, 2.24) is 5.32 Å². The van der Waals surface area contributed by atoms with E-state index in [0.29, 0.717) is 5.39 Å². The van der Waals surface area contributed by atoms with E-state index in [1.54, 1.807) is 0 Å². The Morgan fingerprint density at radius 1 is 1.33 bits per heavy atom. The van der Waals surface area contributed by atoms with Crippen molar-refractivity contribution in [3.63, 3.8) is 0 Å². The molecule has 0 saturated carbocycles. The maximum atomic E-state index is 13.2. The van der Waals surface area contributed by atoms with Gasteiger partial charge in [0.1, 0.15) is 5.82 Å². The van der Waals surface area contributed by atoms with Crippen LogP contribution in [0.4, 0.5) is 4.39 Å². The van der Waals surface area contributed by atoms with E-state index in [4.69, 9.17) is 13.9 Å². The van der Waals surface area contributed by atoms with Gasteiger partial charge in [-0.2, -0.15) is 0 Å². The summed E-state index contributed by atoms with van der Waals surface area (Å²) in [5.41, 5.74) is -0.701. The molecule has 112 valence electrons. The van der Waals surface area contributed by atoms with Gasteiger partial charge in [-0.15, -0.1) is 0 Å². The summed E-state index contributed by atoms with van der Waals surface area (Å²) in [6, 6.07) is 4.94. The zero-order valence-electron chi connectivity index (χ0n) is 11.5. The first-order chi connectivity index (χ1) is 10.0. The Hall–Kier alpha value is -2.25. The lowest BCUT2D eigenvalue weighted by Gasteiger charge is -2.13. The Balaban J connectivity index is 2.25. The van der Waals surface area contributed by atoms with E-state index in [1.165, 1.54) is 26.4 Å². The van der Waals surface area contributed by atoms with Crippen molar-refractivity contribution in [3.8, 4) is 0 Å². The Morgan fingerprint density at radius 2 is 2.05 bits per heavy atom. The van der Waals surface area contributed by atoms with Crippen molar-refractivity contribution in [2.45, 2.75) is 6.29 Å². The first-order valence-electron chi connectivity index (χ1n) is 6.12. The van der Waals surface area contributed by atoms with Gasteiger partial charge in [-0.3, -0.25) is 4.79 Å². The highest BCUT2D eigenvalue weighted by Crippen LogP contribution is 2.14. The van der Waals surface area contributed by atoms with Crippen LogP contribution in [0, 0.1) is 5.82 Å². The molecular formula is C14H14FNO5. The topological polar surface area (TPSA) is 77.8 Å². The number of rotatable bonds is 5. The summed E-state index contributed by atoms with van der Waals surface area (Å²) in [5, 5.41) is 3.00. The number of benzene rings is 1. The molecule has 0 spiro atoms. The van der Waals surface area contributed by atoms with Gasteiger partial charge in [0, 0.05) is 14.2 Å². The minimum atomic E-state index is -0.701. The standard InChI is InChI=1S/C14H14FNO5/c1-19-12(20-2)7-16-13(17)11-6-8-5-9(15)3-4-10(8)14(18)21-11/h3-6,12H,7H2,1-2H3,(H,16,17). The normalized spacial score (nSPS) is 11.0. The van der Waals surface area contributed by atoms with E-state index < -0.39 is 23.6 Å². The van der Waals surface area contributed by atoms with Crippen molar-refractivity contribution < 1.29 is 23.1 Å². The number of nitrogens with one attached hydrogen (secondary N) is 1. The maximum absolute atomic E-state index is 13.2. The highest BCUT2D eigenvalue weighted by Gasteiger charge is 2.14. The summed E-state index contributed by atoms with van der Waals surface area (Å²) < 4.78 is 27.9. The summed E-state index contributed by atoms with van der Waals surface area (Å²) in [6.45, 7) is 0.0801. The lowest BCUT2D eigenvalue weighted by atomic mass is 10.1. The highest BCUT2D eigenvalue weighted by atomic mass is 19.1. The second-order valence-electron chi connectivity index (χ2n) is 4.24. The monoisotopic (exact) mass is 295 g/mol. The lowest BCUT2D eigenvalue weighted by Crippen LogP contribution is -2.34. The van der Waals surface area contributed by atoms with Gasteiger partial charge in [0.15, 0.2) is 12.1 Å². The molecule has 0 aliphatic rings. The predicted molar refractivity (Wildman–Crippen MR) is 72.6 cm³/mol. The molecule has 0 bridgehead atoms. The van der Waals surface area contributed by atoms with Crippen LogP contribution in [-0.4, -0.2) is 33.0 Å². The number of ether oxygens (including phenoxy) is 2. The molecule has 2 rings (SSSR count). The maximum Gasteiger partial charge on any atom is 0.344 e. The molecular weight excluding hydrogens is 281 g/mol. The first-order valence-corrected chi connectivity index (χ1v) is 6.12. The van der Waals surface area contributed by atoms with E-state index in [1.807, 2.05) is 0 Å². The Labute approximate surface area is 119 Å². The second-order valence-corrected chi connectivity index (χ2v) is 4.24. The molecule has 1 aromatic carbocycles. The van der Waals surface area contributed by atoms with E-state index in [2.05, 4.69) is 5.32 Å². The second kappa shape index (κ2) is 6.47. The quantitative estimate of drug-likeness (QED) is 0.841. The van der Waals surface area contributed by atoms with E-state index in [0.717, 1.165) is 12.1 Å². The van der Waals surface area contributed by atoms with Gasteiger partial charge in [-0.25, -0.2) is 9.18 Å². The number of hydrogen-bond donors (Lipinski definition) is 1. The van der Waals surface area contributed by atoms with Crippen LogP contribution >= 0.6 is 0 Å². The van der Waals surface area contributed by atoms with Gasteiger partial charge in [0.05, 0.1) is 11.9 Å². The molecule has 1 N–H and O–H groups in total. The Kier molecular flexibility index (Phi) is 4.66. The van der Waals surface area contributed by atoms with Crippen LogP contribution in [0.5, 0.6) is 0 Å². The highest BCUT2D eigenvalue weighted by molar-refractivity contribution is 5.95. The zero-order valence-corrected chi connectivity index (χ0v) is 11.5. The van der Waals surface area contributed by atoms with Crippen LogP contribution < -0.4 is 10.9 Å². The van der Waals surface area contributed by atoms with Crippen LogP contribution in [0.25, 0.3) is 10.8 Å². The fraction of sp³-hybridized carbons (Fsp3) is 0.286. The van der Waals surface area contributed by atoms with Gasteiger partial charge < -0.3 is 19.2 Å². The number of methoxy groups -OCH3 is 2. The van der Waals surface area contributed by atoms with E-state index in [-0.39, 0.29) is 17.7 Å². The number of carbonyl (C=O) groups excluding carboxylic acids is 1. The molecule has 0 radical (unpaired) electrons. The van der Waals surface area contributed by atoms with Crippen molar-refractivity contribution >= 4 is 16.7 Å². The third-order valence-corrected chi connectivity index (χ3v) is 2.90. The predicted octanol–water partition coefficient (Wildman–Crippen LogP) is 1.28. The smallest absolute Gasteiger partial charge is 0.344 e. The van der Waals surface area contributed by atoms with Gasteiger partial charge in [0.2, 0.25) is 0 Å². The summed E-state index contributed by atoms with van der Waals surface area (Å²) >= 11 is 0. The fourth-order valence-electron chi connectivity index (χ4n) is 1.80. The van der Waals surface area contributed by atoms with Crippen LogP contribution in [0.2, 0.25) is 0 Å². The van der Waals surface area contributed by atoms with Crippen LogP contribution in [0.15, 0.2) is 33.5 Å². The minimum absolute atomic E-state index is 0.0801. The minimum Gasteiger partial charge on any atom is -0.417 e. The molecule has 6 nitrogen and oxygen atoms in total. The third kappa shape index (κ3) is 3.45. The molecule has 0 atom stereocenters. The van der Waals surface area contributed by atoms with E-state index in [9.17, 15) is 14.0 Å². The van der Waals surface area contributed by atoms with E-state index >= 15 is 0 Å². The van der Waals surface area contributed by atoms with Gasteiger partial charge in [-0.1, -0.05) is 0 Å². The molecule has 1 aromatic heterocycles. The largest absolute Gasteiger partial charge is 0.417 e. The Bertz CT molecular complexity index is 708. The third-order valence-electron chi connectivity index (χ3n) is 2.90. The number of carbonyl (C=O) groups is 1. The van der Waals surface area contributed by atoms with Crippen LogP contribution in [0.1, 0.15) is 10.6 Å². The number of halogens is 1. The summed E-state index contributed by atoms with van der Waals surface area (Å²) in [7, 11) is 2.86. The van der Waals surface area contributed by atoms with Crippen LogP contribution in [0.3, 0.4) is 0 Å². The summed E-state index contributed by atoms with van der Waals surface area (Å²) in [6.07, 6.45) is -0.612. The zero-order chi connectivity index (χ0) is 15.4.